The average Bonchev–Trinajstić information content (AvgIpc) is 2.35. The number of carbonyl (C=O) groups excluding carboxylic acids is 1. The van der Waals surface area contributed by atoms with Gasteiger partial charge in [-0.15, -0.1) is 0 Å². The van der Waals surface area contributed by atoms with E-state index >= 15 is 0 Å². The zero-order chi connectivity index (χ0) is 12.1. The molecule has 0 bridgehead atoms. The van der Waals surface area contributed by atoms with Crippen molar-refractivity contribution >= 4 is 5.91 Å². The van der Waals surface area contributed by atoms with Crippen LogP contribution in [0, 0.1) is 0 Å². The van der Waals surface area contributed by atoms with Gasteiger partial charge in [-0.3, -0.25) is 10.2 Å². The molecule has 0 spiro atoms. The molecule has 0 aromatic heterocycles. The smallest absolute Gasteiger partial charge is 0.255 e. The van der Waals surface area contributed by atoms with Crippen LogP contribution in [0.3, 0.4) is 0 Å². The Bertz CT molecular complexity index is 379. The van der Waals surface area contributed by atoms with Gasteiger partial charge in [-0.25, -0.2) is 5.84 Å². The summed E-state index contributed by atoms with van der Waals surface area (Å²) in [5, 5.41) is 0. The minimum absolute atomic E-state index is 0.438. The molecule has 0 radical (unpaired) electrons. The van der Waals surface area contributed by atoms with Crippen LogP contribution in [-0.4, -0.2) is 13.0 Å². The molecular weight excluding hydrogens is 206 g/mol. The second kappa shape index (κ2) is 5.48. The van der Waals surface area contributed by atoms with Crippen LogP contribution in [0.25, 0.3) is 0 Å². The van der Waals surface area contributed by atoms with E-state index in [0.29, 0.717) is 11.3 Å². The summed E-state index contributed by atoms with van der Waals surface area (Å²) in [7, 11) is 1.54. The Hall–Kier alpha value is -1.59. The molecule has 5 nitrogen and oxygen atoms in total. The highest BCUT2D eigenvalue weighted by Crippen LogP contribution is 2.25. The summed E-state index contributed by atoms with van der Waals surface area (Å²) >= 11 is 0. The summed E-state index contributed by atoms with van der Waals surface area (Å²) in [4.78, 5) is 11.4. The fourth-order valence-electron chi connectivity index (χ4n) is 1.48. The molecule has 1 atom stereocenters. The molecule has 0 saturated carbocycles. The van der Waals surface area contributed by atoms with E-state index in [0.717, 1.165) is 12.0 Å². The van der Waals surface area contributed by atoms with Crippen molar-refractivity contribution in [2.75, 3.05) is 7.11 Å². The molecule has 0 fully saturated rings. The quantitative estimate of drug-likeness (QED) is 0.387. The molecule has 1 aromatic carbocycles. The summed E-state index contributed by atoms with van der Waals surface area (Å²) in [5.74, 6) is 5.20. The maximum atomic E-state index is 11.4. The van der Waals surface area contributed by atoms with E-state index in [1.54, 1.807) is 6.07 Å². The zero-order valence-corrected chi connectivity index (χ0v) is 9.49. The minimum Gasteiger partial charge on any atom is -0.496 e. The van der Waals surface area contributed by atoms with Crippen LogP contribution >= 0.6 is 0 Å². The molecule has 0 heterocycles. The van der Waals surface area contributed by atoms with Crippen molar-refractivity contribution in [3.05, 3.63) is 29.3 Å². The number of nitrogens with two attached hydrogens (primary N) is 2. The van der Waals surface area contributed by atoms with Crippen LogP contribution in [-0.2, 0) is 11.2 Å². The zero-order valence-electron chi connectivity index (χ0n) is 9.49. The first-order valence-electron chi connectivity index (χ1n) is 5.06. The lowest BCUT2D eigenvalue weighted by molar-refractivity contribution is -0.122. The standard InChI is InChI=1S/C11H17N3O2/c1-3-7-4-5-9(16-2)8(6-7)10(12)11(15)14-13/h4-6,10H,3,12-13H2,1-2H3,(H,14,15). The molecule has 0 aliphatic rings. The van der Waals surface area contributed by atoms with Gasteiger partial charge in [0.05, 0.1) is 7.11 Å². The Morgan fingerprint density at radius 3 is 2.75 bits per heavy atom. The molecule has 1 unspecified atom stereocenters. The van der Waals surface area contributed by atoms with Crippen LogP contribution in [0.4, 0.5) is 0 Å². The predicted molar refractivity (Wildman–Crippen MR) is 61.6 cm³/mol. The van der Waals surface area contributed by atoms with E-state index < -0.39 is 11.9 Å². The average molecular weight is 223 g/mol. The molecule has 0 aliphatic heterocycles. The molecule has 1 amide bonds. The van der Waals surface area contributed by atoms with Crippen molar-refractivity contribution in [3.8, 4) is 5.75 Å². The first-order valence-corrected chi connectivity index (χ1v) is 5.06. The summed E-state index contributed by atoms with van der Waals surface area (Å²) in [6.07, 6.45) is 0.869. The van der Waals surface area contributed by atoms with Gasteiger partial charge in [-0.05, 0) is 18.1 Å². The Balaban J connectivity index is 3.12. The normalized spacial score (nSPS) is 12.0. The van der Waals surface area contributed by atoms with Crippen molar-refractivity contribution in [1.82, 2.24) is 5.43 Å². The predicted octanol–water partition coefficient (Wildman–Crippen LogP) is 0.247. The highest BCUT2D eigenvalue weighted by molar-refractivity contribution is 5.83. The first-order chi connectivity index (χ1) is 7.63. The van der Waals surface area contributed by atoms with E-state index in [1.807, 2.05) is 24.5 Å². The van der Waals surface area contributed by atoms with Crippen molar-refractivity contribution < 1.29 is 9.53 Å². The largest absolute Gasteiger partial charge is 0.496 e. The number of rotatable bonds is 4. The summed E-state index contributed by atoms with van der Waals surface area (Å²) in [5.41, 5.74) is 9.55. The Kier molecular flexibility index (Phi) is 4.28. The van der Waals surface area contributed by atoms with Gasteiger partial charge in [0.25, 0.3) is 5.91 Å². The lowest BCUT2D eigenvalue weighted by atomic mass is 10.0. The van der Waals surface area contributed by atoms with Gasteiger partial charge in [-0.2, -0.15) is 0 Å². The van der Waals surface area contributed by atoms with Crippen molar-refractivity contribution in [2.45, 2.75) is 19.4 Å². The topological polar surface area (TPSA) is 90.4 Å². The van der Waals surface area contributed by atoms with Crippen molar-refractivity contribution in [3.63, 3.8) is 0 Å². The van der Waals surface area contributed by atoms with Crippen molar-refractivity contribution in [2.24, 2.45) is 11.6 Å². The Labute approximate surface area is 94.7 Å². The Morgan fingerprint density at radius 1 is 1.56 bits per heavy atom. The van der Waals surface area contributed by atoms with Crippen LogP contribution in [0.5, 0.6) is 5.75 Å². The summed E-state index contributed by atoms with van der Waals surface area (Å²) in [6.45, 7) is 2.03. The number of methoxy groups -OCH3 is 1. The summed E-state index contributed by atoms with van der Waals surface area (Å²) < 4.78 is 5.16. The van der Waals surface area contributed by atoms with Gasteiger partial charge in [0.1, 0.15) is 11.8 Å². The fraction of sp³-hybridized carbons (Fsp3) is 0.364. The number of ether oxygens (including phenoxy) is 1. The maximum absolute atomic E-state index is 11.4. The number of hydrazine groups is 1. The SMILES string of the molecule is CCc1ccc(OC)c(C(N)C(=O)NN)c1. The monoisotopic (exact) mass is 223 g/mol. The van der Waals surface area contributed by atoms with Gasteiger partial charge in [-0.1, -0.05) is 19.1 Å². The number of aryl methyl sites for hydroxylation is 1. The molecule has 16 heavy (non-hydrogen) atoms. The molecular formula is C11H17N3O2. The van der Waals surface area contributed by atoms with Crippen LogP contribution in [0.15, 0.2) is 18.2 Å². The number of amides is 1. The highest BCUT2D eigenvalue weighted by Gasteiger charge is 2.19. The third kappa shape index (κ3) is 2.50. The lowest BCUT2D eigenvalue weighted by Crippen LogP contribution is -2.38. The van der Waals surface area contributed by atoms with Gasteiger partial charge >= 0.3 is 0 Å². The summed E-state index contributed by atoms with van der Waals surface area (Å²) in [6, 6.07) is 4.79. The van der Waals surface area contributed by atoms with Crippen LogP contribution < -0.4 is 21.7 Å². The number of benzene rings is 1. The van der Waals surface area contributed by atoms with E-state index in [-0.39, 0.29) is 0 Å². The molecule has 5 N–H and O–H groups in total. The van der Waals surface area contributed by atoms with Crippen LogP contribution in [0.1, 0.15) is 24.1 Å². The van der Waals surface area contributed by atoms with Gasteiger partial charge in [0.2, 0.25) is 0 Å². The van der Waals surface area contributed by atoms with Gasteiger partial charge in [0, 0.05) is 5.56 Å². The van der Waals surface area contributed by atoms with E-state index in [4.69, 9.17) is 16.3 Å². The molecule has 0 saturated heterocycles. The van der Waals surface area contributed by atoms with Crippen LogP contribution in [0.2, 0.25) is 0 Å². The number of nitrogens with one attached hydrogen (secondary N) is 1. The van der Waals surface area contributed by atoms with E-state index in [2.05, 4.69) is 0 Å². The van der Waals surface area contributed by atoms with Crippen molar-refractivity contribution in [1.29, 1.82) is 0 Å². The van der Waals surface area contributed by atoms with Gasteiger partial charge in [0.15, 0.2) is 0 Å². The fourth-order valence-corrected chi connectivity index (χ4v) is 1.48. The molecule has 1 rings (SSSR count). The molecule has 0 aliphatic carbocycles. The Morgan fingerprint density at radius 2 is 2.25 bits per heavy atom. The third-order valence-electron chi connectivity index (χ3n) is 2.46. The second-order valence-corrected chi connectivity index (χ2v) is 3.42. The molecule has 1 aromatic rings. The molecule has 5 heteroatoms. The van der Waals surface area contributed by atoms with Gasteiger partial charge < -0.3 is 10.5 Å². The number of hydrogen-bond donors (Lipinski definition) is 3. The lowest BCUT2D eigenvalue weighted by Gasteiger charge is -2.15. The number of carbonyl (C=O) groups is 1. The molecule has 88 valence electrons. The first kappa shape index (κ1) is 12.5. The third-order valence-corrected chi connectivity index (χ3v) is 2.46. The number of hydrogen-bond acceptors (Lipinski definition) is 4. The highest BCUT2D eigenvalue weighted by atomic mass is 16.5. The van der Waals surface area contributed by atoms with E-state index in [9.17, 15) is 4.79 Å². The second-order valence-electron chi connectivity index (χ2n) is 3.42. The van der Waals surface area contributed by atoms with E-state index in [1.165, 1.54) is 7.11 Å². The minimum atomic E-state index is -0.813. The maximum Gasteiger partial charge on any atom is 0.255 e.